The normalized spacial score (nSPS) is 12.6. The number of amidine groups is 1. The van der Waals surface area contributed by atoms with Crippen molar-refractivity contribution in [3.05, 3.63) is 23.3 Å². The van der Waals surface area contributed by atoms with Crippen LogP contribution in [0.2, 0.25) is 0 Å². The van der Waals surface area contributed by atoms with Crippen LogP contribution in [0.4, 0.5) is 9.18 Å². The van der Waals surface area contributed by atoms with Gasteiger partial charge in [0.1, 0.15) is 12.3 Å². The molecule has 0 aromatic heterocycles. The highest BCUT2D eigenvalue weighted by Gasteiger charge is 2.28. The number of aliphatic imine (C=N–C) groups is 2. The molecule has 0 fully saturated rings. The number of alkyl carbamates (subject to hydrolysis) is 1. The van der Waals surface area contributed by atoms with Crippen molar-refractivity contribution in [1.82, 2.24) is 5.32 Å². The molecule has 0 radical (unpaired) electrons. The Morgan fingerprint density at radius 3 is 1.71 bits per heavy atom. The molecule has 0 bridgehead atoms. The number of unbranched alkanes of at least 4 members (excludes halogenated alkanes) is 15. The van der Waals surface area contributed by atoms with E-state index in [1.807, 2.05) is 48.5 Å². The van der Waals surface area contributed by atoms with Crippen LogP contribution in [-0.4, -0.2) is 44.0 Å². The maximum absolute atomic E-state index is 13.1. The van der Waals surface area contributed by atoms with Gasteiger partial charge >= 0.3 is 6.09 Å². The predicted molar refractivity (Wildman–Crippen MR) is 212 cm³/mol. The van der Waals surface area contributed by atoms with Crippen molar-refractivity contribution < 1.29 is 18.7 Å². The standard InChI is InChI=1S/C27H51NO3.C12H20FN3.C2H6/c1-5-8-9-10-11-12-13-14-15-16-17-18-19-20-21-22-24-28-26(29)31-25-27(7-3,30-4)23-6-2;1-5-7-10(13)16-12(14)11(9(3)4)15-8-6-2;1-2/h3H,5-6,8-25H2,1-2,4H3,(H,28,29);7-8H,5-6H2,1-4H3,(H2,14,16);1-2H3/b;10-7+,15-8?;. The van der Waals surface area contributed by atoms with Gasteiger partial charge in [-0.15, -0.1) is 6.42 Å². The molecule has 0 aromatic rings. The first kappa shape index (κ1) is 50.7. The second-order valence-corrected chi connectivity index (χ2v) is 12.4. The Morgan fingerprint density at radius 2 is 1.33 bits per heavy atom. The molecule has 49 heavy (non-hydrogen) atoms. The summed E-state index contributed by atoms with van der Waals surface area (Å²) in [5.74, 6) is 2.17. The molecule has 0 heterocycles. The first-order valence-corrected chi connectivity index (χ1v) is 19.5. The number of terminal acetylenes is 1. The first-order valence-electron chi connectivity index (χ1n) is 19.5. The zero-order valence-corrected chi connectivity index (χ0v) is 33.4. The van der Waals surface area contributed by atoms with Crippen LogP contribution >= 0.6 is 0 Å². The lowest BCUT2D eigenvalue weighted by atomic mass is 10.0. The summed E-state index contributed by atoms with van der Waals surface area (Å²) < 4.78 is 23.7. The van der Waals surface area contributed by atoms with Crippen LogP contribution in [0.25, 0.3) is 0 Å². The third kappa shape index (κ3) is 32.3. The van der Waals surface area contributed by atoms with Gasteiger partial charge < -0.3 is 20.5 Å². The summed E-state index contributed by atoms with van der Waals surface area (Å²) in [4.78, 5) is 19.6. The van der Waals surface area contributed by atoms with E-state index in [-0.39, 0.29) is 12.4 Å². The molecule has 0 saturated carbocycles. The van der Waals surface area contributed by atoms with Crippen LogP contribution in [-0.2, 0) is 9.47 Å². The van der Waals surface area contributed by atoms with E-state index in [0.29, 0.717) is 25.1 Å². The molecule has 0 saturated heterocycles. The van der Waals surface area contributed by atoms with Gasteiger partial charge in [0.2, 0.25) is 5.95 Å². The van der Waals surface area contributed by atoms with Crippen LogP contribution in [0.15, 0.2) is 33.3 Å². The number of hydrogen-bond acceptors (Lipinski definition) is 5. The zero-order chi connectivity index (χ0) is 37.6. The van der Waals surface area contributed by atoms with E-state index in [1.54, 1.807) is 13.3 Å². The summed E-state index contributed by atoms with van der Waals surface area (Å²) in [6, 6.07) is 0. The van der Waals surface area contributed by atoms with Crippen LogP contribution in [0, 0.1) is 12.3 Å². The van der Waals surface area contributed by atoms with Gasteiger partial charge in [0, 0.05) is 19.9 Å². The third-order valence-electron chi connectivity index (χ3n) is 7.76. The largest absolute Gasteiger partial charge is 0.445 e. The Balaban J connectivity index is -0.000000986. The van der Waals surface area contributed by atoms with Crippen molar-refractivity contribution >= 4 is 18.1 Å². The number of nitrogens with one attached hydrogen (secondary N) is 1. The molecular formula is C41H77FN4O3. The second-order valence-electron chi connectivity index (χ2n) is 12.4. The van der Waals surface area contributed by atoms with E-state index in [1.165, 1.54) is 96.0 Å². The van der Waals surface area contributed by atoms with Crippen LogP contribution in [0.3, 0.4) is 0 Å². The fourth-order valence-electron chi connectivity index (χ4n) is 4.92. The SMILES string of the molecule is C#CC(CCC)(COC(=O)NCCCCCCCCCCCCCCCCCC)OC.CC.CCC=NC(=C(C)C)/C(N)=N\C(F)=C\CC. The Hall–Kier alpha value is -2.66. The number of carbonyl (C=O) groups excluding carboxylic acids is 1. The number of ether oxygens (including phenoxy) is 2. The maximum Gasteiger partial charge on any atom is 0.407 e. The van der Waals surface area contributed by atoms with Gasteiger partial charge in [-0.2, -0.15) is 4.39 Å². The number of hydrogen-bond donors (Lipinski definition) is 2. The molecule has 0 aliphatic carbocycles. The minimum absolute atomic E-state index is 0.0959. The smallest absolute Gasteiger partial charge is 0.407 e. The fraction of sp³-hybridized carbons (Fsp3) is 0.780. The number of halogens is 1. The molecule has 286 valence electrons. The fourth-order valence-corrected chi connectivity index (χ4v) is 4.92. The van der Waals surface area contributed by atoms with E-state index in [9.17, 15) is 9.18 Å². The van der Waals surface area contributed by atoms with Gasteiger partial charge in [0.05, 0.1) is 0 Å². The molecule has 8 heteroatoms. The summed E-state index contributed by atoms with van der Waals surface area (Å²) >= 11 is 0. The zero-order valence-electron chi connectivity index (χ0n) is 33.4. The van der Waals surface area contributed by atoms with Crippen molar-refractivity contribution in [2.45, 2.75) is 189 Å². The minimum Gasteiger partial charge on any atom is -0.445 e. The van der Waals surface area contributed by atoms with E-state index < -0.39 is 17.6 Å². The molecule has 0 aromatic carbocycles. The van der Waals surface area contributed by atoms with Gasteiger partial charge in [0.25, 0.3) is 0 Å². The highest BCUT2D eigenvalue weighted by Crippen LogP contribution is 2.17. The van der Waals surface area contributed by atoms with E-state index in [0.717, 1.165) is 31.3 Å². The number of nitrogens with zero attached hydrogens (tertiary/aromatic N) is 2. The van der Waals surface area contributed by atoms with Crippen LogP contribution in [0.1, 0.15) is 184 Å². The summed E-state index contributed by atoms with van der Waals surface area (Å²) in [5.41, 5.74) is 6.34. The quantitative estimate of drug-likeness (QED) is 0.0294. The van der Waals surface area contributed by atoms with Crippen molar-refractivity contribution in [3.63, 3.8) is 0 Å². The lowest BCUT2D eigenvalue weighted by molar-refractivity contribution is -0.0193. The van der Waals surface area contributed by atoms with Gasteiger partial charge in [-0.25, -0.2) is 9.79 Å². The van der Waals surface area contributed by atoms with E-state index in [2.05, 4.69) is 28.1 Å². The molecule has 7 nitrogen and oxygen atoms in total. The molecule has 1 unspecified atom stereocenters. The van der Waals surface area contributed by atoms with Crippen LogP contribution in [0.5, 0.6) is 0 Å². The molecular weight excluding hydrogens is 615 g/mol. The lowest BCUT2D eigenvalue weighted by Gasteiger charge is -2.25. The molecule has 0 spiro atoms. The van der Waals surface area contributed by atoms with E-state index in [4.69, 9.17) is 21.6 Å². The predicted octanol–water partition coefficient (Wildman–Crippen LogP) is 12.2. The topological polar surface area (TPSA) is 98.3 Å². The van der Waals surface area contributed by atoms with Crippen molar-refractivity contribution in [3.8, 4) is 12.3 Å². The van der Waals surface area contributed by atoms with Crippen molar-refractivity contribution in [2.75, 3.05) is 20.3 Å². The Kier molecular flexibility index (Phi) is 39.5. The molecule has 0 aliphatic rings. The Morgan fingerprint density at radius 1 is 0.837 bits per heavy atom. The Bertz CT molecular complexity index is 936. The monoisotopic (exact) mass is 693 g/mol. The van der Waals surface area contributed by atoms with Crippen molar-refractivity contribution in [2.24, 2.45) is 15.7 Å². The molecule has 1 atom stereocenters. The van der Waals surface area contributed by atoms with Crippen LogP contribution < -0.4 is 11.1 Å². The summed E-state index contributed by atoms with van der Waals surface area (Å²) in [7, 11) is 1.56. The van der Waals surface area contributed by atoms with Gasteiger partial charge in [-0.05, 0) is 51.2 Å². The third-order valence-corrected chi connectivity index (χ3v) is 7.76. The van der Waals surface area contributed by atoms with Crippen molar-refractivity contribution in [1.29, 1.82) is 0 Å². The molecule has 3 N–H and O–H groups in total. The van der Waals surface area contributed by atoms with E-state index >= 15 is 0 Å². The highest BCUT2D eigenvalue weighted by molar-refractivity contribution is 5.98. The number of amides is 1. The number of rotatable bonds is 27. The maximum atomic E-state index is 13.1. The summed E-state index contributed by atoms with van der Waals surface area (Å²) in [6.45, 7) is 16.6. The molecule has 0 rings (SSSR count). The van der Waals surface area contributed by atoms with Gasteiger partial charge in [-0.3, -0.25) is 4.99 Å². The average molecular weight is 693 g/mol. The Labute approximate surface area is 302 Å². The minimum atomic E-state index is -0.805. The number of allylic oxidation sites excluding steroid dienone is 2. The van der Waals surface area contributed by atoms with Gasteiger partial charge in [0.15, 0.2) is 11.4 Å². The summed E-state index contributed by atoms with van der Waals surface area (Å²) in [5, 5.41) is 2.81. The molecule has 0 aliphatic heterocycles. The average Bonchev–Trinajstić information content (AvgIpc) is 3.09. The number of nitrogens with two attached hydrogens (primary N) is 1. The highest BCUT2D eigenvalue weighted by atomic mass is 19.1. The second kappa shape index (κ2) is 38.1. The van der Waals surface area contributed by atoms with Gasteiger partial charge in [-0.1, -0.05) is 150 Å². The summed E-state index contributed by atoms with van der Waals surface area (Å²) in [6.07, 6.45) is 32.7. The lowest BCUT2D eigenvalue weighted by Crippen LogP contribution is -2.38. The first-order chi connectivity index (χ1) is 23.7. The number of methoxy groups -OCH3 is 1. The number of carbonyl (C=O) groups is 1. The molecule has 1 amide bonds.